The topological polar surface area (TPSA) is 60.8 Å². The maximum Gasteiger partial charge on any atom is 0.233 e. The highest BCUT2D eigenvalue weighted by Gasteiger charge is 2.03. The summed E-state index contributed by atoms with van der Waals surface area (Å²) in [6.45, 7) is 0. The molecule has 6 heteroatoms. The SMILES string of the molecule is COc1ccc(-c2cncc(Cl)n2)nn1. The van der Waals surface area contributed by atoms with Crippen LogP contribution in [-0.2, 0) is 0 Å². The first-order valence-electron chi connectivity index (χ1n) is 4.15. The van der Waals surface area contributed by atoms with E-state index in [-0.39, 0.29) is 0 Å². The minimum Gasteiger partial charge on any atom is -0.480 e. The smallest absolute Gasteiger partial charge is 0.233 e. The summed E-state index contributed by atoms with van der Waals surface area (Å²) < 4.78 is 4.89. The van der Waals surface area contributed by atoms with Gasteiger partial charge < -0.3 is 4.74 Å². The molecule has 0 amide bonds. The molecule has 0 fully saturated rings. The van der Waals surface area contributed by atoms with Gasteiger partial charge in [0.1, 0.15) is 16.5 Å². The number of hydrogen-bond donors (Lipinski definition) is 0. The van der Waals surface area contributed by atoms with Gasteiger partial charge in [-0.25, -0.2) is 4.98 Å². The Morgan fingerprint density at radius 2 is 2.00 bits per heavy atom. The van der Waals surface area contributed by atoms with E-state index in [1.165, 1.54) is 13.3 Å². The summed E-state index contributed by atoms with van der Waals surface area (Å²) in [6, 6.07) is 3.44. The molecule has 0 aliphatic heterocycles. The van der Waals surface area contributed by atoms with Gasteiger partial charge in [-0.1, -0.05) is 11.6 Å². The van der Waals surface area contributed by atoms with Crippen LogP contribution in [0.3, 0.4) is 0 Å². The third-order valence-electron chi connectivity index (χ3n) is 1.72. The van der Waals surface area contributed by atoms with Crippen molar-refractivity contribution in [2.45, 2.75) is 0 Å². The zero-order chi connectivity index (χ0) is 10.7. The molecule has 0 aliphatic rings. The average Bonchev–Trinajstić information content (AvgIpc) is 2.29. The molecule has 0 radical (unpaired) electrons. The summed E-state index contributed by atoms with van der Waals surface area (Å²) in [5, 5.41) is 8.07. The quantitative estimate of drug-likeness (QED) is 0.772. The molecule has 2 aromatic heterocycles. The molecule has 0 saturated heterocycles. The summed E-state index contributed by atoms with van der Waals surface area (Å²) in [4.78, 5) is 7.97. The van der Waals surface area contributed by atoms with E-state index in [0.717, 1.165) is 0 Å². The van der Waals surface area contributed by atoms with Gasteiger partial charge >= 0.3 is 0 Å². The maximum absolute atomic E-state index is 5.71. The number of ether oxygens (including phenoxy) is 1. The van der Waals surface area contributed by atoms with Gasteiger partial charge in [0.15, 0.2) is 0 Å². The Kier molecular flexibility index (Phi) is 2.73. The first-order valence-corrected chi connectivity index (χ1v) is 4.53. The zero-order valence-corrected chi connectivity index (χ0v) is 8.64. The van der Waals surface area contributed by atoms with Crippen molar-refractivity contribution in [3.8, 4) is 17.3 Å². The lowest BCUT2D eigenvalue weighted by Crippen LogP contribution is -1.94. The van der Waals surface area contributed by atoms with Crippen LogP contribution in [0.25, 0.3) is 11.4 Å². The molecule has 0 N–H and O–H groups in total. The molecule has 0 bridgehead atoms. The van der Waals surface area contributed by atoms with Gasteiger partial charge in [-0.3, -0.25) is 4.98 Å². The van der Waals surface area contributed by atoms with Gasteiger partial charge in [-0.05, 0) is 6.07 Å². The molecular formula is C9H7ClN4O. The largest absolute Gasteiger partial charge is 0.480 e. The van der Waals surface area contributed by atoms with Crippen molar-refractivity contribution in [3.63, 3.8) is 0 Å². The molecule has 2 rings (SSSR count). The lowest BCUT2D eigenvalue weighted by atomic mass is 10.3. The minimum absolute atomic E-state index is 0.324. The lowest BCUT2D eigenvalue weighted by molar-refractivity contribution is 0.392. The Balaban J connectivity index is 2.37. The van der Waals surface area contributed by atoms with Crippen LogP contribution in [0.2, 0.25) is 5.15 Å². The summed E-state index contributed by atoms with van der Waals surface area (Å²) in [5.41, 5.74) is 1.18. The predicted octanol–water partition coefficient (Wildman–Crippen LogP) is 1.60. The van der Waals surface area contributed by atoms with Crippen molar-refractivity contribution in [2.75, 3.05) is 7.11 Å². The van der Waals surface area contributed by atoms with Crippen molar-refractivity contribution in [1.29, 1.82) is 0 Å². The van der Waals surface area contributed by atoms with Crippen LogP contribution in [0.1, 0.15) is 0 Å². The van der Waals surface area contributed by atoms with Gasteiger partial charge in [0, 0.05) is 6.07 Å². The van der Waals surface area contributed by atoms with Crippen molar-refractivity contribution in [1.82, 2.24) is 20.2 Å². The van der Waals surface area contributed by atoms with Crippen LogP contribution in [0, 0.1) is 0 Å². The van der Waals surface area contributed by atoms with Crippen LogP contribution >= 0.6 is 11.6 Å². The molecule has 2 heterocycles. The number of rotatable bonds is 2. The molecule has 0 spiro atoms. The Hall–Kier alpha value is -1.75. The molecule has 76 valence electrons. The highest BCUT2D eigenvalue weighted by molar-refractivity contribution is 6.29. The van der Waals surface area contributed by atoms with Gasteiger partial charge in [-0.15, -0.1) is 10.2 Å². The summed E-state index contributed by atoms with van der Waals surface area (Å²) in [6.07, 6.45) is 3.03. The summed E-state index contributed by atoms with van der Waals surface area (Å²) in [7, 11) is 1.53. The highest BCUT2D eigenvalue weighted by atomic mass is 35.5. The predicted molar refractivity (Wildman–Crippen MR) is 54.6 cm³/mol. The van der Waals surface area contributed by atoms with E-state index in [1.807, 2.05) is 0 Å². The molecule has 0 saturated carbocycles. The third kappa shape index (κ3) is 2.19. The number of hydrogen-bond acceptors (Lipinski definition) is 5. The fourth-order valence-electron chi connectivity index (χ4n) is 1.03. The average molecular weight is 223 g/mol. The number of methoxy groups -OCH3 is 1. The normalized spacial score (nSPS) is 10.0. The third-order valence-corrected chi connectivity index (χ3v) is 1.90. The van der Waals surface area contributed by atoms with E-state index in [1.54, 1.807) is 18.3 Å². The monoisotopic (exact) mass is 222 g/mol. The zero-order valence-electron chi connectivity index (χ0n) is 7.88. The highest BCUT2D eigenvalue weighted by Crippen LogP contribution is 2.15. The van der Waals surface area contributed by atoms with Gasteiger partial charge in [0.2, 0.25) is 5.88 Å². The fraction of sp³-hybridized carbons (Fsp3) is 0.111. The molecule has 0 aromatic carbocycles. The van der Waals surface area contributed by atoms with E-state index >= 15 is 0 Å². The Bertz CT molecular complexity index is 460. The summed E-state index contributed by atoms with van der Waals surface area (Å²) in [5.74, 6) is 0.453. The van der Waals surface area contributed by atoms with E-state index in [0.29, 0.717) is 22.4 Å². The second-order valence-corrected chi connectivity index (χ2v) is 3.08. The number of halogens is 1. The molecule has 15 heavy (non-hydrogen) atoms. The number of aromatic nitrogens is 4. The van der Waals surface area contributed by atoms with E-state index < -0.39 is 0 Å². The van der Waals surface area contributed by atoms with Crippen LogP contribution in [0.15, 0.2) is 24.5 Å². The van der Waals surface area contributed by atoms with Crippen LogP contribution in [0.4, 0.5) is 0 Å². The first kappa shape index (κ1) is 9.79. The van der Waals surface area contributed by atoms with Crippen molar-refractivity contribution in [2.24, 2.45) is 0 Å². The first-order chi connectivity index (χ1) is 7.29. The molecule has 0 unspecified atom stereocenters. The maximum atomic E-state index is 5.71. The molecule has 0 atom stereocenters. The van der Waals surface area contributed by atoms with Gasteiger partial charge in [0.25, 0.3) is 0 Å². The lowest BCUT2D eigenvalue weighted by Gasteiger charge is -2.00. The molecule has 5 nitrogen and oxygen atoms in total. The van der Waals surface area contributed by atoms with Crippen molar-refractivity contribution >= 4 is 11.6 Å². The Labute approximate surface area is 91.1 Å². The number of nitrogens with zero attached hydrogens (tertiary/aromatic N) is 4. The Morgan fingerprint density at radius 3 is 2.60 bits per heavy atom. The molecule has 0 aliphatic carbocycles. The second kappa shape index (κ2) is 4.18. The van der Waals surface area contributed by atoms with Crippen LogP contribution in [0.5, 0.6) is 5.88 Å². The molecular weight excluding hydrogens is 216 g/mol. The van der Waals surface area contributed by atoms with E-state index in [9.17, 15) is 0 Å². The van der Waals surface area contributed by atoms with Crippen molar-refractivity contribution < 1.29 is 4.74 Å². The van der Waals surface area contributed by atoms with Crippen LogP contribution < -0.4 is 4.74 Å². The van der Waals surface area contributed by atoms with Gasteiger partial charge in [-0.2, -0.15) is 0 Å². The second-order valence-electron chi connectivity index (χ2n) is 2.69. The minimum atomic E-state index is 0.324. The fourth-order valence-corrected chi connectivity index (χ4v) is 1.18. The molecule has 2 aromatic rings. The van der Waals surface area contributed by atoms with Crippen LogP contribution in [-0.4, -0.2) is 27.3 Å². The Morgan fingerprint density at radius 1 is 1.13 bits per heavy atom. The van der Waals surface area contributed by atoms with Gasteiger partial charge in [0.05, 0.1) is 19.5 Å². The van der Waals surface area contributed by atoms with E-state index in [2.05, 4.69) is 20.2 Å². The standard InChI is InChI=1S/C9H7ClN4O/c1-15-9-3-2-6(13-14-9)7-4-11-5-8(10)12-7/h2-5H,1H3. The van der Waals surface area contributed by atoms with E-state index in [4.69, 9.17) is 16.3 Å². The summed E-state index contributed by atoms with van der Waals surface area (Å²) >= 11 is 5.71. The van der Waals surface area contributed by atoms with Crippen molar-refractivity contribution in [3.05, 3.63) is 29.7 Å².